The predicted molar refractivity (Wildman–Crippen MR) is 73.6 cm³/mol. The zero-order valence-electron chi connectivity index (χ0n) is 10.4. The molecular weight excluding hydrogens is 224 g/mol. The summed E-state index contributed by atoms with van der Waals surface area (Å²) < 4.78 is 0. The van der Waals surface area contributed by atoms with Gasteiger partial charge in [-0.05, 0) is 13.0 Å². The van der Waals surface area contributed by atoms with Crippen LogP contribution in [-0.2, 0) is 0 Å². The number of rotatable bonds is 2. The van der Waals surface area contributed by atoms with Crippen molar-refractivity contribution in [1.82, 2.24) is 15.0 Å². The molecule has 3 rings (SSSR count). The lowest BCUT2D eigenvalue weighted by molar-refractivity contribution is 1.16. The molecule has 2 N–H and O–H groups in total. The fourth-order valence-corrected chi connectivity index (χ4v) is 2.24. The molecule has 0 unspecified atom stereocenters. The number of aromatic nitrogens is 3. The first-order valence-electron chi connectivity index (χ1n) is 5.87. The van der Waals surface area contributed by atoms with Crippen molar-refractivity contribution in [1.29, 1.82) is 0 Å². The Morgan fingerprint density at radius 3 is 2.83 bits per heavy atom. The van der Waals surface area contributed by atoms with Gasteiger partial charge in [-0.2, -0.15) is 0 Å². The summed E-state index contributed by atoms with van der Waals surface area (Å²) in [6.07, 6.45) is 1.59. The summed E-state index contributed by atoms with van der Waals surface area (Å²) in [5.41, 5.74) is 4.33. The van der Waals surface area contributed by atoms with Gasteiger partial charge < -0.3 is 10.3 Å². The average Bonchev–Trinajstić information content (AvgIpc) is 2.74. The number of H-pyrrole nitrogens is 1. The lowest BCUT2D eigenvalue weighted by Gasteiger charge is -2.03. The zero-order valence-corrected chi connectivity index (χ0v) is 10.4. The maximum atomic E-state index is 4.37. The molecule has 0 radical (unpaired) electrons. The van der Waals surface area contributed by atoms with Gasteiger partial charge in [-0.1, -0.05) is 18.2 Å². The first-order chi connectivity index (χ1) is 8.79. The van der Waals surface area contributed by atoms with E-state index in [1.165, 1.54) is 5.39 Å². The second-order valence-electron chi connectivity index (χ2n) is 4.21. The highest BCUT2D eigenvalue weighted by Crippen LogP contribution is 2.31. The Hall–Kier alpha value is -2.36. The van der Waals surface area contributed by atoms with Gasteiger partial charge >= 0.3 is 0 Å². The molecule has 0 aliphatic heterocycles. The Morgan fingerprint density at radius 1 is 1.17 bits per heavy atom. The maximum absolute atomic E-state index is 4.37. The van der Waals surface area contributed by atoms with Crippen molar-refractivity contribution in [3.8, 4) is 11.3 Å². The highest BCUT2D eigenvalue weighted by atomic mass is 15.0. The molecular formula is C14H14N4. The van der Waals surface area contributed by atoms with Crippen LogP contribution in [0, 0.1) is 6.92 Å². The van der Waals surface area contributed by atoms with E-state index in [9.17, 15) is 0 Å². The van der Waals surface area contributed by atoms with Crippen molar-refractivity contribution >= 4 is 16.7 Å². The summed E-state index contributed by atoms with van der Waals surface area (Å²) in [6.45, 7) is 2.07. The minimum absolute atomic E-state index is 0.824. The Bertz CT molecular complexity index is 700. The molecule has 0 spiro atoms. The van der Waals surface area contributed by atoms with E-state index in [4.69, 9.17) is 0 Å². The Kier molecular flexibility index (Phi) is 2.48. The molecule has 1 aromatic carbocycles. The molecule has 4 nitrogen and oxygen atoms in total. The average molecular weight is 238 g/mol. The number of nitrogens with zero attached hydrogens (tertiary/aromatic N) is 2. The summed E-state index contributed by atoms with van der Waals surface area (Å²) in [7, 11) is 1.86. The fourth-order valence-electron chi connectivity index (χ4n) is 2.24. The van der Waals surface area contributed by atoms with Crippen LogP contribution >= 0.6 is 0 Å². The molecule has 3 aromatic rings. The van der Waals surface area contributed by atoms with Crippen LogP contribution in [0.25, 0.3) is 22.2 Å². The van der Waals surface area contributed by atoms with E-state index in [0.717, 1.165) is 28.3 Å². The topological polar surface area (TPSA) is 53.6 Å². The van der Waals surface area contributed by atoms with Crippen molar-refractivity contribution in [2.45, 2.75) is 6.92 Å². The highest BCUT2D eigenvalue weighted by molar-refractivity contribution is 5.96. The molecule has 2 heterocycles. The second kappa shape index (κ2) is 4.14. The molecule has 0 fully saturated rings. The number of anilines is 1. The molecule has 0 aliphatic rings. The molecule has 0 atom stereocenters. The molecule has 0 saturated carbocycles. The fraction of sp³-hybridized carbons (Fsp3) is 0.143. The predicted octanol–water partition coefficient (Wildman–Crippen LogP) is 2.98. The third-order valence-electron chi connectivity index (χ3n) is 3.07. The molecule has 4 heteroatoms. The van der Waals surface area contributed by atoms with Gasteiger partial charge in [-0.15, -0.1) is 0 Å². The lowest BCUT2D eigenvalue weighted by Crippen LogP contribution is -1.94. The molecule has 0 aliphatic carbocycles. The number of benzene rings is 1. The van der Waals surface area contributed by atoms with Gasteiger partial charge in [-0.25, -0.2) is 9.97 Å². The molecule has 90 valence electrons. The van der Waals surface area contributed by atoms with Crippen LogP contribution in [-0.4, -0.2) is 22.0 Å². The molecule has 2 aromatic heterocycles. The van der Waals surface area contributed by atoms with Crippen molar-refractivity contribution in [2.75, 3.05) is 12.4 Å². The van der Waals surface area contributed by atoms with Crippen LogP contribution in [0.3, 0.4) is 0 Å². The zero-order chi connectivity index (χ0) is 12.5. The van der Waals surface area contributed by atoms with Crippen LogP contribution in [0.5, 0.6) is 0 Å². The van der Waals surface area contributed by atoms with Gasteiger partial charge in [0.2, 0.25) is 0 Å². The molecule has 0 bridgehead atoms. The summed E-state index contributed by atoms with van der Waals surface area (Å²) >= 11 is 0. The van der Waals surface area contributed by atoms with E-state index in [0.29, 0.717) is 0 Å². The summed E-state index contributed by atoms with van der Waals surface area (Å²) in [5, 5.41) is 4.23. The van der Waals surface area contributed by atoms with Gasteiger partial charge in [0.1, 0.15) is 12.1 Å². The van der Waals surface area contributed by atoms with Gasteiger partial charge in [0.05, 0.1) is 5.69 Å². The molecule has 18 heavy (non-hydrogen) atoms. The lowest BCUT2D eigenvalue weighted by atomic mass is 10.1. The summed E-state index contributed by atoms with van der Waals surface area (Å²) in [6, 6.07) is 10.2. The van der Waals surface area contributed by atoms with Crippen LogP contribution in [0.1, 0.15) is 5.69 Å². The van der Waals surface area contributed by atoms with E-state index in [2.05, 4.69) is 39.3 Å². The number of hydrogen-bond donors (Lipinski definition) is 2. The Labute approximate surface area is 105 Å². The van der Waals surface area contributed by atoms with Crippen molar-refractivity contribution in [2.24, 2.45) is 0 Å². The standard InChI is InChI=1S/C14H14N4/c1-9-14(10-5-3-4-6-11(10)18-9)12-7-13(15-2)17-8-16-12/h3-8,18H,1-2H3,(H,15,16,17). The minimum Gasteiger partial charge on any atom is -0.373 e. The maximum Gasteiger partial charge on any atom is 0.129 e. The van der Waals surface area contributed by atoms with Gasteiger partial charge in [-0.3, -0.25) is 0 Å². The van der Waals surface area contributed by atoms with E-state index >= 15 is 0 Å². The summed E-state index contributed by atoms with van der Waals surface area (Å²) in [5.74, 6) is 0.824. The quantitative estimate of drug-likeness (QED) is 0.721. The van der Waals surface area contributed by atoms with E-state index in [1.807, 2.05) is 25.2 Å². The highest BCUT2D eigenvalue weighted by Gasteiger charge is 2.11. The first-order valence-corrected chi connectivity index (χ1v) is 5.87. The number of fused-ring (bicyclic) bond motifs is 1. The molecule has 0 saturated heterocycles. The van der Waals surface area contributed by atoms with Crippen LogP contribution in [0.4, 0.5) is 5.82 Å². The van der Waals surface area contributed by atoms with Gasteiger partial charge in [0.15, 0.2) is 0 Å². The smallest absolute Gasteiger partial charge is 0.129 e. The van der Waals surface area contributed by atoms with E-state index in [1.54, 1.807) is 6.33 Å². The van der Waals surface area contributed by atoms with Crippen LogP contribution in [0.15, 0.2) is 36.7 Å². The number of nitrogens with one attached hydrogen (secondary N) is 2. The number of para-hydroxylation sites is 1. The largest absolute Gasteiger partial charge is 0.373 e. The van der Waals surface area contributed by atoms with Crippen molar-refractivity contribution in [3.05, 3.63) is 42.4 Å². The Morgan fingerprint density at radius 2 is 2.00 bits per heavy atom. The normalized spacial score (nSPS) is 10.8. The summed E-state index contributed by atoms with van der Waals surface area (Å²) in [4.78, 5) is 11.9. The number of hydrogen-bond acceptors (Lipinski definition) is 3. The Balaban J connectivity index is 2.27. The monoisotopic (exact) mass is 238 g/mol. The van der Waals surface area contributed by atoms with E-state index in [-0.39, 0.29) is 0 Å². The van der Waals surface area contributed by atoms with Gasteiger partial charge in [0.25, 0.3) is 0 Å². The third-order valence-corrected chi connectivity index (χ3v) is 3.07. The van der Waals surface area contributed by atoms with Gasteiger partial charge in [0, 0.05) is 35.3 Å². The van der Waals surface area contributed by atoms with Crippen LogP contribution in [0.2, 0.25) is 0 Å². The van der Waals surface area contributed by atoms with E-state index < -0.39 is 0 Å². The third kappa shape index (κ3) is 1.62. The second-order valence-corrected chi connectivity index (χ2v) is 4.21. The van der Waals surface area contributed by atoms with Crippen molar-refractivity contribution in [3.63, 3.8) is 0 Å². The SMILES string of the molecule is CNc1cc(-c2c(C)[nH]c3ccccc23)ncn1. The van der Waals surface area contributed by atoms with Crippen LogP contribution < -0.4 is 5.32 Å². The number of aryl methyl sites for hydroxylation is 1. The minimum atomic E-state index is 0.824. The molecule has 0 amide bonds. The number of aromatic amines is 1. The first kappa shape index (κ1) is 10.8. The van der Waals surface area contributed by atoms with Crippen molar-refractivity contribution < 1.29 is 0 Å².